The van der Waals surface area contributed by atoms with Crippen LogP contribution in [0.5, 0.6) is 0 Å². The molecule has 2 aliphatic heterocycles. The lowest BCUT2D eigenvalue weighted by Gasteiger charge is -2.38. The first-order valence-electron chi connectivity index (χ1n) is 7.69. The number of hydrogen-bond acceptors (Lipinski definition) is 5. The minimum atomic E-state index is -0.309. The molecule has 0 aromatic heterocycles. The van der Waals surface area contributed by atoms with E-state index in [1.54, 1.807) is 12.1 Å². The molecule has 6 heteroatoms. The van der Waals surface area contributed by atoms with Crippen LogP contribution in [0.4, 0.5) is 17.1 Å². The monoisotopic (exact) mass is 290 g/mol. The zero-order chi connectivity index (χ0) is 14.8. The Hall–Kier alpha value is -1.82. The first-order chi connectivity index (χ1) is 10.2. The highest BCUT2D eigenvalue weighted by atomic mass is 16.6. The lowest BCUT2D eigenvalue weighted by atomic mass is 10.1. The Morgan fingerprint density at radius 2 is 2.19 bits per heavy atom. The van der Waals surface area contributed by atoms with Crippen molar-refractivity contribution in [2.75, 3.05) is 42.9 Å². The van der Waals surface area contributed by atoms with Gasteiger partial charge in [0.05, 0.1) is 4.92 Å². The molecule has 0 aliphatic carbocycles. The van der Waals surface area contributed by atoms with Gasteiger partial charge in [-0.25, -0.2) is 0 Å². The van der Waals surface area contributed by atoms with Crippen LogP contribution in [-0.2, 0) is 0 Å². The van der Waals surface area contributed by atoms with Crippen LogP contribution in [0.2, 0.25) is 0 Å². The van der Waals surface area contributed by atoms with E-state index < -0.39 is 0 Å². The standard InChI is InChI=1S/C15H22N4O2/c1-2-16-12-8-14(10-15(9-12)19(20)21)18-7-6-17-5-3-4-13(17)11-18/h8-10,13,16H,2-7,11H2,1H3. The van der Waals surface area contributed by atoms with Crippen LogP contribution in [0.15, 0.2) is 18.2 Å². The molecule has 1 aromatic rings. The van der Waals surface area contributed by atoms with Gasteiger partial charge < -0.3 is 10.2 Å². The average Bonchev–Trinajstić information content (AvgIpc) is 2.94. The van der Waals surface area contributed by atoms with Crippen LogP contribution in [0.3, 0.4) is 0 Å². The molecule has 2 heterocycles. The van der Waals surface area contributed by atoms with E-state index in [1.807, 2.05) is 13.0 Å². The summed E-state index contributed by atoms with van der Waals surface area (Å²) >= 11 is 0. The van der Waals surface area contributed by atoms with Gasteiger partial charge in [-0.2, -0.15) is 0 Å². The number of nitro benzene ring substituents is 1. The van der Waals surface area contributed by atoms with Gasteiger partial charge in [-0.05, 0) is 32.4 Å². The van der Waals surface area contributed by atoms with Crippen molar-refractivity contribution in [2.45, 2.75) is 25.8 Å². The van der Waals surface area contributed by atoms with Gasteiger partial charge in [0.1, 0.15) is 0 Å². The van der Waals surface area contributed by atoms with Crippen molar-refractivity contribution < 1.29 is 4.92 Å². The molecule has 114 valence electrons. The summed E-state index contributed by atoms with van der Waals surface area (Å²) in [4.78, 5) is 15.6. The maximum absolute atomic E-state index is 11.1. The third-order valence-corrected chi connectivity index (χ3v) is 4.45. The first-order valence-corrected chi connectivity index (χ1v) is 7.69. The molecule has 0 saturated carbocycles. The van der Waals surface area contributed by atoms with E-state index in [4.69, 9.17) is 0 Å². The number of non-ortho nitro benzene ring substituents is 1. The normalized spacial score (nSPS) is 22.1. The second-order valence-electron chi connectivity index (χ2n) is 5.80. The number of benzene rings is 1. The zero-order valence-electron chi connectivity index (χ0n) is 12.4. The Bertz CT molecular complexity index is 534. The minimum Gasteiger partial charge on any atom is -0.385 e. The number of piperazine rings is 1. The maximum Gasteiger partial charge on any atom is 0.273 e. The highest BCUT2D eigenvalue weighted by Gasteiger charge is 2.31. The molecule has 1 unspecified atom stereocenters. The van der Waals surface area contributed by atoms with E-state index in [2.05, 4.69) is 15.1 Å². The van der Waals surface area contributed by atoms with Crippen molar-refractivity contribution in [3.05, 3.63) is 28.3 Å². The molecule has 21 heavy (non-hydrogen) atoms. The first kappa shape index (κ1) is 14.1. The predicted octanol–water partition coefficient (Wildman–Crippen LogP) is 2.31. The van der Waals surface area contributed by atoms with E-state index in [1.165, 1.54) is 19.4 Å². The molecule has 0 amide bonds. The van der Waals surface area contributed by atoms with Gasteiger partial charge in [0.25, 0.3) is 5.69 Å². The lowest BCUT2D eigenvalue weighted by Crippen LogP contribution is -2.50. The van der Waals surface area contributed by atoms with Crippen molar-refractivity contribution in [3.8, 4) is 0 Å². The van der Waals surface area contributed by atoms with Crippen molar-refractivity contribution in [3.63, 3.8) is 0 Å². The van der Waals surface area contributed by atoms with Gasteiger partial charge in [0, 0.05) is 55.7 Å². The molecule has 2 saturated heterocycles. The number of nitrogens with zero attached hydrogens (tertiary/aromatic N) is 3. The fourth-order valence-electron chi connectivity index (χ4n) is 3.41. The van der Waals surface area contributed by atoms with Gasteiger partial charge in [-0.3, -0.25) is 15.0 Å². The molecule has 1 N–H and O–H groups in total. The Morgan fingerprint density at radius 3 is 2.95 bits per heavy atom. The predicted molar refractivity (Wildman–Crippen MR) is 84.1 cm³/mol. The van der Waals surface area contributed by atoms with Crippen LogP contribution in [0.1, 0.15) is 19.8 Å². The summed E-state index contributed by atoms with van der Waals surface area (Å²) in [5, 5.41) is 14.3. The van der Waals surface area contributed by atoms with Gasteiger partial charge in [-0.15, -0.1) is 0 Å². The average molecular weight is 290 g/mol. The molecule has 0 spiro atoms. The third-order valence-electron chi connectivity index (χ3n) is 4.45. The van der Waals surface area contributed by atoms with Gasteiger partial charge in [-0.1, -0.05) is 0 Å². The smallest absolute Gasteiger partial charge is 0.273 e. The molecule has 0 bridgehead atoms. The number of nitro groups is 1. The fraction of sp³-hybridized carbons (Fsp3) is 0.600. The molecular formula is C15H22N4O2. The molecule has 0 radical (unpaired) electrons. The summed E-state index contributed by atoms with van der Waals surface area (Å²) in [7, 11) is 0. The van der Waals surface area contributed by atoms with E-state index in [0.29, 0.717) is 6.04 Å². The van der Waals surface area contributed by atoms with Crippen molar-refractivity contribution in [1.29, 1.82) is 0 Å². The van der Waals surface area contributed by atoms with Crippen molar-refractivity contribution in [2.24, 2.45) is 0 Å². The zero-order valence-corrected chi connectivity index (χ0v) is 12.4. The largest absolute Gasteiger partial charge is 0.385 e. The number of anilines is 2. The van der Waals surface area contributed by atoms with Crippen molar-refractivity contribution in [1.82, 2.24) is 4.90 Å². The summed E-state index contributed by atoms with van der Waals surface area (Å²) in [6.45, 7) is 6.95. The van der Waals surface area contributed by atoms with Gasteiger partial charge in [0.15, 0.2) is 0 Å². The molecular weight excluding hydrogens is 268 g/mol. The molecule has 6 nitrogen and oxygen atoms in total. The summed E-state index contributed by atoms with van der Waals surface area (Å²) in [6.07, 6.45) is 2.52. The fourth-order valence-corrected chi connectivity index (χ4v) is 3.41. The van der Waals surface area contributed by atoms with Crippen LogP contribution in [0, 0.1) is 10.1 Å². The van der Waals surface area contributed by atoms with Crippen LogP contribution >= 0.6 is 0 Å². The molecule has 2 fully saturated rings. The molecule has 1 atom stereocenters. The second-order valence-corrected chi connectivity index (χ2v) is 5.80. The van der Waals surface area contributed by atoms with Crippen LogP contribution in [-0.4, -0.2) is 48.6 Å². The van der Waals surface area contributed by atoms with E-state index >= 15 is 0 Å². The maximum atomic E-state index is 11.1. The minimum absolute atomic E-state index is 0.164. The number of fused-ring (bicyclic) bond motifs is 1. The number of nitrogens with one attached hydrogen (secondary N) is 1. The van der Waals surface area contributed by atoms with E-state index in [0.717, 1.165) is 37.6 Å². The summed E-state index contributed by atoms with van der Waals surface area (Å²) in [5.41, 5.74) is 1.96. The Morgan fingerprint density at radius 1 is 1.33 bits per heavy atom. The quantitative estimate of drug-likeness (QED) is 0.681. The third kappa shape index (κ3) is 2.95. The van der Waals surface area contributed by atoms with Crippen LogP contribution < -0.4 is 10.2 Å². The van der Waals surface area contributed by atoms with E-state index in [-0.39, 0.29) is 10.6 Å². The second kappa shape index (κ2) is 5.89. The number of rotatable bonds is 4. The summed E-state index contributed by atoms with van der Waals surface area (Å²) in [5.74, 6) is 0. The number of hydrogen-bond donors (Lipinski definition) is 1. The molecule has 3 rings (SSSR count). The Balaban J connectivity index is 1.84. The van der Waals surface area contributed by atoms with Crippen LogP contribution in [0.25, 0.3) is 0 Å². The van der Waals surface area contributed by atoms with Gasteiger partial charge >= 0.3 is 0 Å². The topological polar surface area (TPSA) is 61.6 Å². The lowest BCUT2D eigenvalue weighted by molar-refractivity contribution is -0.384. The van der Waals surface area contributed by atoms with Gasteiger partial charge in [0.2, 0.25) is 0 Å². The highest BCUT2D eigenvalue weighted by Crippen LogP contribution is 2.30. The van der Waals surface area contributed by atoms with Crippen molar-refractivity contribution >= 4 is 17.1 Å². The Kier molecular flexibility index (Phi) is 3.96. The summed E-state index contributed by atoms with van der Waals surface area (Å²) in [6, 6.07) is 5.95. The van der Waals surface area contributed by atoms with E-state index in [9.17, 15) is 10.1 Å². The molecule has 1 aromatic carbocycles. The Labute approximate surface area is 124 Å². The highest BCUT2D eigenvalue weighted by molar-refractivity contribution is 5.64. The molecule has 2 aliphatic rings. The summed E-state index contributed by atoms with van der Waals surface area (Å²) < 4.78 is 0. The SMILES string of the molecule is CCNc1cc(N2CCN3CCCC3C2)cc([N+](=O)[O-])c1.